The Morgan fingerprint density at radius 3 is 2.48 bits per heavy atom. The number of piperidine rings is 1. The summed E-state index contributed by atoms with van der Waals surface area (Å²) < 4.78 is 26.1. The first-order valence-electron chi connectivity index (χ1n) is 8.60. The van der Waals surface area contributed by atoms with Crippen molar-refractivity contribution in [3.8, 4) is 0 Å². The van der Waals surface area contributed by atoms with Crippen molar-refractivity contribution in [3.63, 3.8) is 0 Å². The summed E-state index contributed by atoms with van der Waals surface area (Å²) in [7, 11) is -2.40. The molecule has 152 valence electrons. The van der Waals surface area contributed by atoms with Crippen molar-refractivity contribution in [1.29, 1.82) is 0 Å². The smallest absolute Gasteiger partial charge is 0.243 e. The molecule has 1 aromatic carbocycles. The van der Waals surface area contributed by atoms with Crippen molar-refractivity contribution in [2.75, 3.05) is 38.5 Å². The van der Waals surface area contributed by atoms with E-state index in [1.807, 2.05) is 0 Å². The van der Waals surface area contributed by atoms with Gasteiger partial charge < -0.3 is 16.0 Å². The largest absolute Gasteiger partial charge is 0.355 e. The third kappa shape index (κ3) is 7.10. The highest BCUT2D eigenvalue weighted by Gasteiger charge is 2.23. The number of rotatable bonds is 7. The molecular formula is C17H27ClN4O4S. The standard InChI is InChI=1S/C17H26N4O4S.ClH/c1-13(22)20-15-5-7-16(8-6-15)26(24,25)21(2)12-17(23)19-11-14-4-3-9-18-10-14;/h5-8,14,18H,3-4,9-12H2,1-2H3,(H,19,23)(H,20,22);1H. The molecule has 0 radical (unpaired) electrons. The van der Waals surface area contributed by atoms with E-state index in [0.717, 1.165) is 30.2 Å². The molecule has 1 heterocycles. The molecule has 2 amide bonds. The van der Waals surface area contributed by atoms with Crippen LogP contribution in [-0.4, -0.2) is 57.8 Å². The third-order valence-corrected chi connectivity index (χ3v) is 6.05. The number of sulfonamides is 1. The average Bonchev–Trinajstić information content (AvgIpc) is 2.61. The van der Waals surface area contributed by atoms with Crippen molar-refractivity contribution < 1.29 is 18.0 Å². The Labute approximate surface area is 166 Å². The van der Waals surface area contributed by atoms with Crippen LogP contribution < -0.4 is 16.0 Å². The predicted molar refractivity (Wildman–Crippen MR) is 106 cm³/mol. The molecule has 1 unspecified atom stereocenters. The second kappa shape index (κ2) is 10.6. The van der Waals surface area contributed by atoms with E-state index in [9.17, 15) is 18.0 Å². The molecule has 0 aliphatic carbocycles. The van der Waals surface area contributed by atoms with Gasteiger partial charge >= 0.3 is 0 Å². The molecule has 0 aromatic heterocycles. The maximum Gasteiger partial charge on any atom is 0.243 e. The van der Waals surface area contributed by atoms with Gasteiger partial charge in [-0.2, -0.15) is 4.31 Å². The summed E-state index contributed by atoms with van der Waals surface area (Å²) in [6.45, 7) is 3.56. The zero-order valence-corrected chi connectivity index (χ0v) is 17.2. The Hall–Kier alpha value is -1.68. The Kier molecular flexibility index (Phi) is 9.17. The molecule has 1 fully saturated rings. The predicted octanol–water partition coefficient (Wildman–Crippen LogP) is 0.803. The fraction of sp³-hybridized carbons (Fsp3) is 0.529. The summed E-state index contributed by atoms with van der Waals surface area (Å²) in [5, 5.41) is 8.66. The van der Waals surface area contributed by atoms with E-state index in [0.29, 0.717) is 18.2 Å². The van der Waals surface area contributed by atoms with Gasteiger partial charge in [0, 0.05) is 26.2 Å². The number of benzene rings is 1. The van der Waals surface area contributed by atoms with Crippen molar-refractivity contribution in [1.82, 2.24) is 14.9 Å². The summed E-state index contributed by atoms with van der Waals surface area (Å²) in [6, 6.07) is 5.84. The second-order valence-corrected chi connectivity index (χ2v) is 8.53. The molecule has 0 spiro atoms. The summed E-state index contributed by atoms with van der Waals surface area (Å²) >= 11 is 0. The molecule has 27 heavy (non-hydrogen) atoms. The van der Waals surface area contributed by atoms with Gasteiger partial charge in [0.15, 0.2) is 0 Å². The first-order chi connectivity index (χ1) is 12.3. The van der Waals surface area contributed by atoms with Crippen LogP contribution in [0, 0.1) is 5.92 Å². The van der Waals surface area contributed by atoms with Gasteiger partial charge in [-0.3, -0.25) is 9.59 Å². The topological polar surface area (TPSA) is 108 Å². The van der Waals surface area contributed by atoms with Gasteiger partial charge in [0.25, 0.3) is 0 Å². The lowest BCUT2D eigenvalue weighted by molar-refractivity contribution is -0.121. The number of anilines is 1. The van der Waals surface area contributed by atoms with E-state index in [2.05, 4.69) is 16.0 Å². The van der Waals surface area contributed by atoms with Gasteiger partial charge in [0.2, 0.25) is 21.8 Å². The average molecular weight is 419 g/mol. The maximum atomic E-state index is 12.6. The van der Waals surface area contributed by atoms with Gasteiger partial charge in [0.05, 0.1) is 11.4 Å². The quantitative estimate of drug-likeness (QED) is 0.607. The number of hydrogen-bond donors (Lipinski definition) is 3. The van der Waals surface area contributed by atoms with E-state index < -0.39 is 10.0 Å². The van der Waals surface area contributed by atoms with Gasteiger partial charge in [-0.1, -0.05) is 0 Å². The number of carbonyl (C=O) groups is 2. The fourth-order valence-electron chi connectivity index (χ4n) is 2.79. The number of hydrogen-bond acceptors (Lipinski definition) is 5. The molecule has 1 aliphatic rings. The number of amides is 2. The lowest BCUT2D eigenvalue weighted by Crippen LogP contribution is -2.42. The van der Waals surface area contributed by atoms with Crippen LogP contribution in [0.15, 0.2) is 29.2 Å². The number of halogens is 1. The van der Waals surface area contributed by atoms with Crippen LogP contribution >= 0.6 is 12.4 Å². The van der Waals surface area contributed by atoms with Gasteiger partial charge in [0.1, 0.15) is 0 Å². The molecular weight excluding hydrogens is 392 g/mol. The molecule has 3 N–H and O–H groups in total. The molecule has 8 nitrogen and oxygen atoms in total. The van der Waals surface area contributed by atoms with Crippen molar-refractivity contribution in [3.05, 3.63) is 24.3 Å². The SMILES string of the molecule is CC(=O)Nc1ccc(S(=O)(=O)N(C)CC(=O)NCC2CCCNC2)cc1.Cl. The Balaban J connectivity index is 0.00000364. The van der Waals surface area contributed by atoms with Crippen LogP contribution in [0.5, 0.6) is 0 Å². The van der Waals surface area contributed by atoms with Crippen molar-refractivity contribution >= 4 is 39.9 Å². The van der Waals surface area contributed by atoms with E-state index in [1.165, 1.54) is 38.2 Å². The zero-order chi connectivity index (χ0) is 19.2. The van der Waals surface area contributed by atoms with Crippen molar-refractivity contribution in [2.24, 2.45) is 5.92 Å². The molecule has 1 saturated heterocycles. The normalized spacial score (nSPS) is 17.1. The van der Waals surface area contributed by atoms with E-state index in [4.69, 9.17) is 0 Å². The monoisotopic (exact) mass is 418 g/mol. The Morgan fingerprint density at radius 2 is 1.93 bits per heavy atom. The van der Waals surface area contributed by atoms with Crippen LogP contribution in [0.25, 0.3) is 0 Å². The minimum absolute atomic E-state index is 0. The van der Waals surface area contributed by atoms with E-state index >= 15 is 0 Å². The summed E-state index contributed by atoms with van der Waals surface area (Å²) in [5.41, 5.74) is 0.512. The minimum atomic E-state index is -3.78. The van der Waals surface area contributed by atoms with Crippen LogP contribution in [0.2, 0.25) is 0 Å². The lowest BCUT2D eigenvalue weighted by atomic mass is 10.00. The number of likely N-dealkylation sites (N-methyl/N-ethyl adjacent to an activating group) is 1. The summed E-state index contributed by atoms with van der Waals surface area (Å²) in [4.78, 5) is 23.1. The fourth-order valence-corrected chi connectivity index (χ4v) is 3.92. The van der Waals surface area contributed by atoms with Gasteiger partial charge in [-0.25, -0.2) is 8.42 Å². The molecule has 1 aliphatic heterocycles. The maximum absolute atomic E-state index is 12.6. The number of carbonyl (C=O) groups excluding carboxylic acids is 2. The van der Waals surface area contributed by atoms with E-state index in [1.54, 1.807) is 0 Å². The van der Waals surface area contributed by atoms with Gasteiger partial charge in [-0.05, 0) is 56.1 Å². The van der Waals surface area contributed by atoms with Crippen LogP contribution in [0.4, 0.5) is 5.69 Å². The summed E-state index contributed by atoms with van der Waals surface area (Å²) in [5.74, 6) is -0.171. The molecule has 1 aromatic rings. The van der Waals surface area contributed by atoms with Crippen LogP contribution in [0.1, 0.15) is 19.8 Å². The highest BCUT2D eigenvalue weighted by atomic mass is 35.5. The number of nitrogens with one attached hydrogen (secondary N) is 3. The third-order valence-electron chi connectivity index (χ3n) is 4.24. The highest BCUT2D eigenvalue weighted by molar-refractivity contribution is 7.89. The molecule has 2 rings (SSSR count). The van der Waals surface area contributed by atoms with Crippen LogP contribution in [0.3, 0.4) is 0 Å². The summed E-state index contributed by atoms with van der Waals surface area (Å²) in [6.07, 6.45) is 2.14. The first-order valence-corrected chi connectivity index (χ1v) is 10.0. The second-order valence-electron chi connectivity index (χ2n) is 6.48. The lowest BCUT2D eigenvalue weighted by Gasteiger charge is -2.23. The molecule has 10 heteroatoms. The molecule has 0 bridgehead atoms. The first kappa shape index (κ1) is 23.4. The highest BCUT2D eigenvalue weighted by Crippen LogP contribution is 2.17. The number of nitrogens with zero attached hydrogens (tertiary/aromatic N) is 1. The van der Waals surface area contributed by atoms with E-state index in [-0.39, 0.29) is 35.7 Å². The van der Waals surface area contributed by atoms with Crippen LogP contribution in [-0.2, 0) is 19.6 Å². The van der Waals surface area contributed by atoms with Gasteiger partial charge in [-0.15, -0.1) is 12.4 Å². The molecule has 0 saturated carbocycles. The zero-order valence-electron chi connectivity index (χ0n) is 15.5. The minimum Gasteiger partial charge on any atom is -0.355 e. The Morgan fingerprint density at radius 1 is 1.26 bits per heavy atom. The van der Waals surface area contributed by atoms with Crippen molar-refractivity contribution in [2.45, 2.75) is 24.7 Å². The molecule has 1 atom stereocenters. The Bertz CT molecular complexity index is 734.